The Labute approximate surface area is 110 Å². The monoisotopic (exact) mass is 311 g/mol. The van der Waals surface area contributed by atoms with Gasteiger partial charge < -0.3 is 9.84 Å². The van der Waals surface area contributed by atoms with Crippen LogP contribution >= 0.6 is 15.9 Å². The van der Waals surface area contributed by atoms with Crippen molar-refractivity contribution in [1.29, 1.82) is 0 Å². The molecule has 2 rings (SSSR count). The third-order valence-corrected chi connectivity index (χ3v) is 2.57. The molecule has 0 bridgehead atoms. The Morgan fingerprint density at radius 1 is 1.33 bits per heavy atom. The van der Waals surface area contributed by atoms with Crippen LogP contribution in [-0.2, 0) is 0 Å². The van der Waals surface area contributed by atoms with Crippen LogP contribution in [0.4, 0.5) is 4.39 Å². The first-order valence-corrected chi connectivity index (χ1v) is 5.68. The van der Waals surface area contributed by atoms with Gasteiger partial charge in [-0.2, -0.15) is 0 Å². The van der Waals surface area contributed by atoms with Gasteiger partial charge in [-0.15, -0.1) is 0 Å². The van der Waals surface area contributed by atoms with Crippen molar-refractivity contribution in [3.63, 3.8) is 0 Å². The van der Waals surface area contributed by atoms with E-state index in [-0.39, 0.29) is 11.6 Å². The van der Waals surface area contributed by atoms with Gasteiger partial charge in [0.15, 0.2) is 0 Å². The number of carboxylic acids is 1. The second-order valence-electron chi connectivity index (χ2n) is 3.33. The first-order valence-electron chi connectivity index (χ1n) is 4.89. The molecule has 0 saturated heterocycles. The number of rotatable bonds is 3. The van der Waals surface area contributed by atoms with Crippen molar-refractivity contribution in [2.75, 3.05) is 0 Å². The van der Waals surface area contributed by atoms with Crippen LogP contribution in [-0.4, -0.2) is 16.1 Å². The summed E-state index contributed by atoms with van der Waals surface area (Å²) in [5.74, 6) is -2.14. The minimum absolute atomic E-state index is 0.0858. The number of carboxylic acid groups (broad SMARTS) is 1. The van der Waals surface area contributed by atoms with Crippen molar-refractivity contribution < 1.29 is 19.0 Å². The summed E-state index contributed by atoms with van der Waals surface area (Å²) >= 11 is 3.21. The average molecular weight is 312 g/mol. The third kappa shape index (κ3) is 2.65. The zero-order valence-corrected chi connectivity index (χ0v) is 10.5. The number of pyridine rings is 1. The Bertz CT molecular complexity index is 586. The second kappa shape index (κ2) is 5.14. The molecule has 0 atom stereocenters. The number of benzene rings is 1. The Balaban J connectivity index is 2.37. The predicted molar refractivity (Wildman–Crippen MR) is 65.4 cm³/mol. The van der Waals surface area contributed by atoms with E-state index in [2.05, 4.69) is 20.9 Å². The van der Waals surface area contributed by atoms with Gasteiger partial charge in [-0.1, -0.05) is 6.07 Å². The lowest BCUT2D eigenvalue weighted by Crippen LogP contribution is -2.03. The predicted octanol–water partition coefficient (Wildman–Crippen LogP) is 3.47. The van der Waals surface area contributed by atoms with Crippen molar-refractivity contribution in [3.8, 4) is 11.6 Å². The highest BCUT2D eigenvalue weighted by Crippen LogP contribution is 2.26. The molecule has 0 unspecified atom stereocenters. The van der Waals surface area contributed by atoms with E-state index in [1.54, 1.807) is 12.1 Å². The molecule has 0 spiro atoms. The van der Waals surface area contributed by atoms with Crippen LogP contribution in [0.1, 0.15) is 10.4 Å². The maximum absolute atomic E-state index is 13.4. The number of aromatic carboxylic acids is 1. The fourth-order valence-electron chi connectivity index (χ4n) is 1.33. The largest absolute Gasteiger partial charge is 0.477 e. The molecule has 0 aliphatic carbocycles. The van der Waals surface area contributed by atoms with Crippen LogP contribution in [0.5, 0.6) is 11.6 Å². The van der Waals surface area contributed by atoms with E-state index in [1.807, 2.05) is 0 Å². The highest BCUT2D eigenvalue weighted by atomic mass is 79.9. The number of hydrogen-bond donors (Lipinski definition) is 1. The van der Waals surface area contributed by atoms with Gasteiger partial charge in [0.1, 0.15) is 17.1 Å². The normalized spacial score (nSPS) is 10.1. The summed E-state index contributed by atoms with van der Waals surface area (Å²) in [5, 5.41) is 8.92. The van der Waals surface area contributed by atoms with Crippen LogP contribution < -0.4 is 4.74 Å². The topological polar surface area (TPSA) is 59.4 Å². The van der Waals surface area contributed by atoms with Gasteiger partial charge >= 0.3 is 5.97 Å². The zero-order chi connectivity index (χ0) is 13.1. The minimum Gasteiger partial charge on any atom is -0.477 e. The molecule has 0 aliphatic rings. The molecule has 18 heavy (non-hydrogen) atoms. The highest BCUT2D eigenvalue weighted by molar-refractivity contribution is 9.10. The number of halogens is 2. The molecule has 0 amide bonds. The third-order valence-electron chi connectivity index (χ3n) is 2.10. The number of hydrogen-bond acceptors (Lipinski definition) is 3. The Kier molecular flexibility index (Phi) is 3.57. The smallest absolute Gasteiger partial charge is 0.342 e. The van der Waals surface area contributed by atoms with Crippen LogP contribution in [0.3, 0.4) is 0 Å². The van der Waals surface area contributed by atoms with Crippen molar-refractivity contribution >= 4 is 21.9 Å². The molecule has 2 aromatic rings. The fourth-order valence-corrected chi connectivity index (χ4v) is 1.57. The molecule has 1 aromatic carbocycles. The molecule has 92 valence electrons. The summed E-state index contributed by atoms with van der Waals surface area (Å²) in [4.78, 5) is 14.9. The van der Waals surface area contributed by atoms with Crippen molar-refractivity contribution in [2.24, 2.45) is 0 Å². The molecule has 0 aliphatic heterocycles. The van der Waals surface area contributed by atoms with E-state index >= 15 is 0 Å². The van der Waals surface area contributed by atoms with E-state index in [9.17, 15) is 9.18 Å². The summed E-state index contributed by atoms with van der Waals surface area (Å²) in [5.41, 5.74) is -0.512. The van der Waals surface area contributed by atoms with E-state index < -0.39 is 17.3 Å². The summed E-state index contributed by atoms with van der Waals surface area (Å²) in [6.07, 6.45) is 1.50. The quantitative estimate of drug-likeness (QED) is 0.943. The van der Waals surface area contributed by atoms with Gasteiger partial charge in [0.2, 0.25) is 5.88 Å². The van der Waals surface area contributed by atoms with E-state index in [4.69, 9.17) is 9.84 Å². The van der Waals surface area contributed by atoms with Gasteiger partial charge in [0.05, 0.1) is 0 Å². The molecule has 6 heteroatoms. The Morgan fingerprint density at radius 2 is 2.11 bits per heavy atom. The molecule has 0 saturated carbocycles. The van der Waals surface area contributed by atoms with Gasteiger partial charge in [-0.3, -0.25) is 0 Å². The van der Waals surface area contributed by atoms with Crippen molar-refractivity contribution in [1.82, 2.24) is 4.98 Å². The van der Waals surface area contributed by atoms with Gasteiger partial charge in [0, 0.05) is 16.7 Å². The lowest BCUT2D eigenvalue weighted by molar-refractivity contribution is 0.0689. The molecular weight excluding hydrogens is 305 g/mol. The van der Waals surface area contributed by atoms with Crippen LogP contribution in [0.25, 0.3) is 0 Å². The first-order chi connectivity index (χ1) is 8.58. The Morgan fingerprint density at radius 3 is 2.72 bits per heavy atom. The van der Waals surface area contributed by atoms with Crippen molar-refractivity contribution in [2.45, 2.75) is 0 Å². The fraction of sp³-hybridized carbons (Fsp3) is 0. The number of ether oxygens (including phenoxy) is 1. The lowest BCUT2D eigenvalue weighted by atomic mass is 10.2. The first kappa shape index (κ1) is 12.5. The molecule has 1 heterocycles. The van der Waals surface area contributed by atoms with Crippen LogP contribution in [0, 0.1) is 5.82 Å². The van der Waals surface area contributed by atoms with Crippen LogP contribution in [0.15, 0.2) is 41.0 Å². The zero-order valence-electron chi connectivity index (χ0n) is 8.93. The summed E-state index contributed by atoms with van der Waals surface area (Å²) < 4.78 is 19.4. The standard InChI is InChI=1S/C12H7BrFNO3/c13-7-4-5-10(15-6-7)18-9-3-1-2-8(14)11(9)12(16)17/h1-6H,(H,16,17). The minimum atomic E-state index is -1.39. The SMILES string of the molecule is O=C(O)c1c(F)cccc1Oc1ccc(Br)cn1. The second-order valence-corrected chi connectivity index (χ2v) is 4.25. The van der Waals surface area contributed by atoms with Crippen molar-refractivity contribution in [3.05, 3.63) is 52.4 Å². The summed E-state index contributed by atoms with van der Waals surface area (Å²) in [6.45, 7) is 0. The number of aromatic nitrogens is 1. The molecule has 1 N–H and O–H groups in total. The number of nitrogens with zero attached hydrogens (tertiary/aromatic N) is 1. The molecule has 0 radical (unpaired) electrons. The Hall–Kier alpha value is -1.95. The van der Waals surface area contributed by atoms with Crippen LogP contribution in [0.2, 0.25) is 0 Å². The lowest BCUT2D eigenvalue weighted by Gasteiger charge is -2.08. The average Bonchev–Trinajstić information content (AvgIpc) is 2.32. The van der Waals surface area contributed by atoms with E-state index in [1.165, 1.54) is 18.3 Å². The van der Waals surface area contributed by atoms with Gasteiger partial charge in [-0.05, 0) is 34.1 Å². The molecule has 0 fully saturated rings. The molecule has 1 aromatic heterocycles. The van der Waals surface area contributed by atoms with E-state index in [0.29, 0.717) is 0 Å². The number of carbonyl (C=O) groups is 1. The molecule has 4 nitrogen and oxygen atoms in total. The molecular formula is C12H7BrFNO3. The maximum atomic E-state index is 13.4. The summed E-state index contributed by atoms with van der Waals surface area (Å²) in [6, 6.07) is 7.03. The van der Waals surface area contributed by atoms with Gasteiger partial charge in [0.25, 0.3) is 0 Å². The highest BCUT2D eigenvalue weighted by Gasteiger charge is 2.17. The maximum Gasteiger partial charge on any atom is 0.342 e. The summed E-state index contributed by atoms with van der Waals surface area (Å²) in [7, 11) is 0. The van der Waals surface area contributed by atoms with E-state index in [0.717, 1.165) is 10.5 Å². The van der Waals surface area contributed by atoms with Gasteiger partial charge in [-0.25, -0.2) is 14.2 Å².